The first-order valence-corrected chi connectivity index (χ1v) is 5.53. The van der Waals surface area contributed by atoms with Gasteiger partial charge in [0.05, 0.1) is 18.2 Å². The number of imidazole rings is 1. The average molecular weight is 226 g/mol. The third-order valence-corrected chi connectivity index (χ3v) is 2.54. The molecule has 0 aliphatic heterocycles. The molecule has 3 nitrogen and oxygen atoms in total. The smallest absolute Gasteiger partial charge is 0.113 e. The Labute approximate surface area is 95.5 Å². The standard InChI is InChI=1S/C11H16ClN3/c1-4-9(3)15-8-14-10(6-13-7-12)11(15)5-2/h5-6,8-9H,2,4,7H2,1,3H3. The molecule has 0 aliphatic carbocycles. The van der Waals surface area contributed by atoms with E-state index in [1.807, 2.05) is 6.33 Å². The van der Waals surface area contributed by atoms with Gasteiger partial charge in [0.1, 0.15) is 11.7 Å². The second-order valence-corrected chi connectivity index (χ2v) is 3.55. The number of rotatable bonds is 5. The van der Waals surface area contributed by atoms with Crippen LogP contribution < -0.4 is 0 Å². The zero-order chi connectivity index (χ0) is 11.3. The van der Waals surface area contributed by atoms with Gasteiger partial charge in [-0.25, -0.2) is 4.98 Å². The highest BCUT2D eigenvalue weighted by Gasteiger charge is 2.09. The van der Waals surface area contributed by atoms with Crippen LogP contribution in [-0.2, 0) is 0 Å². The summed E-state index contributed by atoms with van der Waals surface area (Å²) in [6, 6.07) is 0.677. The minimum atomic E-state index is 0.257. The van der Waals surface area contributed by atoms with Crippen LogP contribution in [0.15, 0.2) is 17.9 Å². The second kappa shape index (κ2) is 5.71. The molecule has 0 amide bonds. The molecule has 4 heteroatoms. The van der Waals surface area contributed by atoms with Crippen molar-refractivity contribution in [1.82, 2.24) is 9.55 Å². The Balaban J connectivity index is 3.05. The summed E-state index contributed by atoms with van der Waals surface area (Å²) in [5, 5.41) is 0. The molecule has 0 aliphatic rings. The summed E-state index contributed by atoms with van der Waals surface area (Å²) in [7, 11) is 0. The second-order valence-electron chi connectivity index (χ2n) is 3.31. The molecule has 0 spiro atoms. The van der Waals surface area contributed by atoms with Gasteiger partial charge >= 0.3 is 0 Å². The fourth-order valence-electron chi connectivity index (χ4n) is 1.36. The SMILES string of the molecule is C=Cc1c(C=NCCl)ncn1C(C)CC. The lowest BCUT2D eigenvalue weighted by Crippen LogP contribution is -2.04. The van der Waals surface area contributed by atoms with Gasteiger partial charge in [0.15, 0.2) is 0 Å². The van der Waals surface area contributed by atoms with E-state index in [-0.39, 0.29) is 6.00 Å². The maximum absolute atomic E-state index is 5.49. The lowest BCUT2D eigenvalue weighted by atomic mass is 10.2. The van der Waals surface area contributed by atoms with Crippen molar-refractivity contribution in [2.24, 2.45) is 4.99 Å². The number of hydrogen-bond donors (Lipinski definition) is 0. The van der Waals surface area contributed by atoms with E-state index < -0.39 is 0 Å². The van der Waals surface area contributed by atoms with Crippen LogP contribution in [0.1, 0.15) is 37.7 Å². The van der Waals surface area contributed by atoms with Crippen LogP contribution in [0.4, 0.5) is 0 Å². The summed E-state index contributed by atoms with van der Waals surface area (Å²) in [5.41, 5.74) is 1.82. The quantitative estimate of drug-likeness (QED) is 0.430. The molecule has 0 radical (unpaired) electrons. The van der Waals surface area contributed by atoms with E-state index >= 15 is 0 Å². The van der Waals surface area contributed by atoms with E-state index in [0.717, 1.165) is 17.8 Å². The van der Waals surface area contributed by atoms with Crippen molar-refractivity contribution in [3.63, 3.8) is 0 Å². The minimum absolute atomic E-state index is 0.257. The van der Waals surface area contributed by atoms with E-state index in [1.54, 1.807) is 12.3 Å². The van der Waals surface area contributed by atoms with Crippen molar-refractivity contribution < 1.29 is 0 Å². The van der Waals surface area contributed by atoms with Gasteiger partial charge in [-0.15, -0.1) is 11.6 Å². The fraction of sp³-hybridized carbons (Fsp3) is 0.455. The van der Waals surface area contributed by atoms with Crippen molar-refractivity contribution >= 4 is 23.9 Å². The number of nitrogens with zero attached hydrogens (tertiary/aromatic N) is 3. The third-order valence-electron chi connectivity index (χ3n) is 2.40. The first-order valence-electron chi connectivity index (χ1n) is 4.99. The lowest BCUT2D eigenvalue weighted by Gasteiger charge is -2.12. The van der Waals surface area contributed by atoms with E-state index in [0.29, 0.717) is 6.04 Å². The van der Waals surface area contributed by atoms with Crippen LogP contribution in [0.25, 0.3) is 6.08 Å². The first kappa shape index (κ1) is 12.0. The number of aliphatic imine (C=N–C) groups is 1. The van der Waals surface area contributed by atoms with Gasteiger partial charge < -0.3 is 4.57 Å². The number of aromatic nitrogens is 2. The van der Waals surface area contributed by atoms with Crippen molar-refractivity contribution in [2.45, 2.75) is 26.3 Å². The molecule has 0 bridgehead atoms. The van der Waals surface area contributed by atoms with E-state index in [9.17, 15) is 0 Å². The molecule has 1 aromatic heterocycles. The Hall–Kier alpha value is -1.09. The molecule has 0 aromatic carbocycles. The van der Waals surface area contributed by atoms with Gasteiger partial charge in [-0.2, -0.15) is 0 Å². The molecule has 0 saturated carbocycles. The van der Waals surface area contributed by atoms with Gasteiger partial charge in [0.25, 0.3) is 0 Å². The maximum Gasteiger partial charge on any atom is 0.113 e. The van der Waals surface area contributed by atoms with Crippen molar-refractivity contribution in [2.75, 3.05) is 6.00 Å². The Morgan fingerprint density at radius 1 is 1.73 bits per heavy atom. The van der Waals surface area contributed by atoms with Gasteiger partial charge in [-0.3, -0.25) is 4.99 Å². The van der Waals surface area contributed by atoms with Gasteiger partial charge in [0.2, 0.25) is 0 Å². The van der Waals surface area contributed by atoms with Gasteiger partial charge in [0, 0.05) is 6.04 Å². The molecular weight excluding hydrogens is 210 g/mol. The fourth-order valence-corrected chi connectivity index (χ4v) is 1.43. The number of alkyl halides is 1. The number of halogens is 1. The van der Waals surface area contributed by atoms with Crippen LogP contribution >= 0.6 is 11.6 Å². The van der Waals surface area contributed by atoms with E-state index in [4.69, 9.17) is 11.6 Å². The van der Waals surface area contributed by atoms with Crippen LogP contribution in [0.2, 0.25) is 0 Å². The number of hydrogen-bond acceptors (Lipinski definition) is 2. The molecule has 1 atom stereocenters. The summed E-state index contributed by atoms with van der Waals surface area (Å²) >= 11 is 5.49. The molecule has 82 valence electrons. The molecule has 1 aromatic rings. The Morgan fingerprint density at radius 2 is 2.47 bits per heavy atom. The summed E-state index contributed by atoms with van der Waals surface area (Å²) in [4.78, 5) is 8.24. The summed E-state index contributed by atoms with van der Waals surface area (Å²) in [6.07, 6.45) is 6.36. The minimum Gasteiger partial charge on any atom is -0.328 e. The van der Waals surface area contributed by atoms with Crippen LogP contribution in [0, 0.1) is 0 Å². The van der Waals surface area contributed by atoms with Gasteiger partial charge in [-0.05, 0) is 19.4 Å². The topological polar surface area (TPSA) is 30.2 Å². The van der Waals surface area contributed by atoms with Crippen LogP contribution in [-0.4, -0.2) is 21.8 Å². The molecule has 1 rings (SSSR count). The molecule has 1 heterocycles. The Morgan fingerprint density at radius 3 is 3.00 bits per heavy atom. The average Bonchev–Trinajstić information content (AvgIpc) is 2.67. The normalized spacial score (nSPS) is 13.3. The first-order chi connectivity index (χ1) is 7.24. The van der Waals surface area contributed by atoms with E-state index in [2.05, 4.69) is 35.0 Å². The Bertz CT molecular complexity index is 355. The highest BCUT2D eigenvalue weighted by Crippen LogP contribution is 2.16. The van der Waals surface area contributed by atoms with Crippen LogP contribution in [0.3, 0.4) is 0 Å². The zero-order valence-electron chi connectivity index (χ0n) is 9.15. The molecule has 0 fully saturated rings. The molecule has 0 N–H and O–H groups in total. The summed E-state index contributed by atoms with van der Waals surface area (Å²) in [6.45, 7) is 8.09. The maximum atomic E-state index is 5.49. The van der Waals surface area contributed by atoms with Crippen molar-refractivity contribution in [3.8, 4) is 0 Å². The van der Waals surface area contributed by atoms with E-state index in [1.165, 1.54) is 0 Å². The van der Waals surface area contributed by atoms with Crippen molar-refractivity contribution in [3.05, 3.63) is 24.3 Å². The zero-order valence-corrected chi connectivity index (χ0v) is 9.91. The van der Waals surface area contributed by atoms with Crippen LogP contribution in [0.5, 0.6) is 0 Å². The summed E-state index contributed by atoms with van der Waals surface area (Å²) < 4.78 is 2.10. The van der Waals surface area contributed by atoms with Gasteiger partial charge in [-0.1, -0.05) is 13.5 Å². The molecular formula is C11H16ClN3. The third kappa shape index (κ3) is 2.69. The molecule has 1 unspecified atom stereocenters. The predicted molar refractivity (Wildman–Crippen MR) is 65.6 cm³/mol. The lowest BCUT2D eigenvalue weighted by molar-refractivity contribution is 0.527. The molecule has 0 saturated heterocycles. The largest absolute Gasteiger partial charge is 0.328 e. The highest BCUT2D eigenvalue weighted by atomic mass is 35.5. The molecule has 15 heavy (non-hydrogen) atoms. The predicted octanol–water partition coefficient (Wildman–Crippen LogP) is 3.11. The van der Waals surface area contributed by atoms with Crippen molar-refractivity contribution in [1.29, 1.82) is 0 Å². The Kier molecular flexibility index (Phi) is 4.56. The summed E-state index contributed by atoms with van der Waals surface area (Å²) in [5.74, 6) is 0. The highest BCUT2D eigenvalue weighted by molar-refractivity contribution is 6.18. The monoisotopic (exact) mass is 225 g/mol.